The van der Waals surface area contributed by atoms with E-state index in [1.54, 1.807) is 0 Å². The predicted octanol–water partition coefficient (Wildman–Crippen LogP) is 2.82. The average molecular weight is 241 g/mol. The van der Waals surface area contributed by atoms with Gasteiger partial charge < -0.3 is 9.47 Å². The zero-order valence-corrected chi connectivity index (χ0v) is 10.7. The average Bonchev–Trinajstić information content (AvgIpc) is 2.33. The number of nitrogens with zero attached hydrogens (tertiary/aromatic N) is 1. The minimum atomic E-state index is -0.0937. The van der Waals surface area contributed by atoms with E-state index in [-0.39, 0.29) is 5.97 Å². The number of unbranched alkanes of at least 4 members (excludes halogenated alkanes) is 3. The van der Waals surface area contributed by atoms with Gasteiger partial charge in [-0.2, -0.15) is 5.26 Å². The molecule has 4 heteroatoms. The lowest BCUT2D eigenvalue weighted by Gasteiger charge is -2.04. The fourth-order valence-corrected chi connectivity index (χ4v) is 1.30. The molecule has 0 radical (unpaired) electrons. The first-order valence-corrected chi connectivity index (χ1v) is 6.41. The van der Waals surface area contributed by atoms with E-state index in [4.69, 9.17) is 14.7 Å². The summed E-state index contributed by atoms with van der Waals surface area (Å²) in [4.78, 5) is 11.2. The summed E-state index contributed by atoms with van der Waals surface area (Å²) in [6.07, 6.45) is 5.79. The molecule has 0 heterocycles. The van der Waals surface area contributed by atoms with Crippen molar-refractivity contribution in [2.24, 2.45) is 0 Å². The van der Waals surface area contributed by atoms with Crippen molar-refractivity contribution in [2.45, 2.75) is 51.9 Å². The molecular weight excluding hydrogens is 218 g/mol. The Kier molecular flexibility index (Phi) is 12.2. The van der Waals surface area contributed by atoms with E-state index in [2.05, 4.69) is 6.92 Å². The topological polar surface area (TPSA) is 59.3 Å². The highest BCUT2D eigenvalue weighted by Gasteiger charge is 2.01. The Labute approximate surface area is 104 Å². The molecule has 0 fully saturated rings. The molecule has 0 unspecified atom stereocenters. The van der Waals surface area contributed by atoms with Gasteiger partial charge in [0.05, 0.1) is 25.7 Å². The smallest absolute Gasteiger partial charge is 0.305 e. The predicted molar refractivity (Wildman–Crippen MR) is 65.4 cm³/mol. The number of carbonyl (C=O) groups excluding carboxylic acids is 1. The maximum Gasteiger partial charge on any atom is 0.305 e. The molecule has 0 aromatic rings. The number of hydrogen-bond acceptors (Lipinski definition) is 4. The largest absolute Gasteiger partial charge is 0.466 e. The van der Waals surface area contributed by atoms with Gasteiger partial charge >= 0.3 is 5.97 Å². The Morgan fingerprint density at radius 3 is 2.59 bits per heavy atom. The molecule has 0 aliphatic heterocycles. The molecule has 0 saturated carbocycles. The summed E-state index contributed by atoms with van der Waals surface area (Å²) < 4.78 is 10.3. The van der Waals surface area contributed by atoms with Gasteiger partial charge in [-0.05, 0) is 19.3 Å². The Balaban J connectivity index is 3.11. The van der Waals surface area contributed by atoms with E-state index in [1.165, 1.54) is 0 Å². The third kappa shape index (κ3) is 12.9. The number of hydrogen-bond donors (Lipinski definition) is 0. The number of esters is 1. The van der Waals surface area contributed by atoms with Crippen LogP contribution in [0.25, 0.3) is 0 Å². The third-order valence-corrected chi connectivity index (χ3v) is 2.29. The van der Waals surface area contributed by atoms with Crippen molar-refractivity contribution in [3.63, 3.8) is 0 Å². The Morgan fingerprint density at radius 2 is 1.88 bits per heavy atom. The second-order valence-electron chi connectivity index (χ2n) is 3.91. The van der Waals surface area contributed by atoms with Gasteiger partial charge in [-0.1, -0.05) is 19.8 Å². The van der Waals surface area contributed by atoms with Crippen molar-refractivity contribution in [1.29, 1.82) is 5.26 Å². The zero-order chi connectivity index (χ0) is 12.8. The first-order chi connectivity index (χ1) is 8.31. The second-order valence-corrected chi connectivity index (χ2v) is 3.91. The number of nitriles is 1. The number of carbonyl (C=O) groups is 1. The van der Waals surface area contributed by atoms with Crippen molar-refractivity contribution in [3.8, 4) is 6.07 Å². The van der Waals surface area contributed by atoms with Crippen LogP contribution in [0.5, 0.6) is 0 Å². The van der Waals surface area contributed by atoms with Crippen molar-refractivity contribution < 1.29 is 14.3 Å². The molecule has 98 valence electrons. The van der Waals surface area contributed by atoms with Gasteiger partial charge in [0.15, 0.2) is 0 Å². The van der Waals surface area contributed by atoms with Gasteiger partial charge in [0.2, 0.25) is 0 Å². The van der Waals surface area contributed by atoms with Crippen LogP contribution in [0.2, 0.25) is 0 Å². The lowest BCUT2D eigenvalue weighted by atomic mass is 10.2. The summed E-state index contributed by atoms with van der Waals surface area (Å²) in [6, 6.07) is 2.01. The van der Waals surface area contributed by atoms with Crippen LogP contribution in [0.4, 0.5) is 0 Å². The zero-order valence-electron chi connectivity index (χ0n) is 10.7. The monoisotopic (exact) mass is 241 g/mol. The summed E-state index contributed by atoms with van der Waals surface area (Å²) in [7, 11) is 0. The molecule has 0 aliphatic rings. The fourth-order valence-electron chi connectivity index (χ4n) is 1.30. The van der Waals surface area contributed by atoms with Crippen LogP contribution in [-0.4, -0.2) is 25.8 Å². The summed E-state index contributed by atoms with van der Waals surface area (Å²) in [5.74, 6) is -0.0937. The van der Waals surface area contributed by atoms with Gasteiger partial charge in [0, 0.05) is 13.0 Å². The molecule has 0 saturated heterocycles. The van der Waals surface area contributed by atoms with Crippen LogP contribution < -0.4 is 0 Å². The van der Waals surface area contributed by atoms with Crippen LogP contribution in [0.1, 0.15) is 51.9 Å². The molecule has 0 aromatic heterocycles. The Hall–Kier alpha value is -1.08. The molecule has 0 atom stereocenters. The minimum absolute atomic E-state index is 0.0937. The van der Waals surface area contributed by atoms with Gasteiger partial charge in [-0.25, -0.2) is 0 Å². The maximum absolute atomic E-state index is 11.2. The van der Waals surface area contributed by atoms with E-state index in [1.807, 2.05) is 6.07 Å². The number of ether oxygens (including phenoxy) is 2. The highest BCUT2D eigenvalue weighted by Crippen LogP contribution is 2.01. The summed E-state index contributed by atoms with van der Waals surface area (Å²) in [5.41, 5.74) is 0. The van der Waals surface area contributed by atoms with Crippen molar-refractivity contribution in [3.05, 3.63) is 0 Å². The molecule has 0 spiro atoms. The van der Waals surface area contributed by atoms with Gasteiger partial charge in [0.1, 0.15) is 0 Å². The molecular formula is C13H23NO3. The van der Waals surface area contributed by atoms with Crippen molar-refractivity contribution in [2.75, 3.05) is 19.8 Å². The normalized spacial score (nSPS) is 9.88. The molecule has 0 bridgehead atoms. The SMILES string of the molecule is CCCCCC(=O)OCCCCOCCC#N. The van der Waals surface area contributed by atoms with E-state index < -0.39 is 0 Å². The highest BCUT2D eigenvalue weighted by molar-refractivity contribution is 5.69. The van der Waals surface area contributed by atoms with Gasteiger partial charge in [-0.3, -0.25) is 4.79 Å². The molecule has 0 aliphatic carbocycles. The van der Waals surface area contributed by atoms with Crippen LogP contribution in [0, 0.1) is 11.3 Å². The third-order valence-electron chi connectivity index (χ3n) is 2.29. The molecule has 0 N–H and O–H groups in total. The van der Waals surface area contributed by atoms with Crippen LogP contribution >= 0.6 is 0 Å². The minimum Gasteiger partial charge on any atom is -0.466 e. The summed E-state index contributed by atoms with van der Waals surface area (Å²) >= 11 is 0. The highest BCUT2D eigenvalue weighted by atomic mass is 16.5. The first kappa shape index (κ1) is 15.9. The lowest BCUT2D eigenvalue weighted by Crippen LogP contribution is -2.06. The van der Waals surface area contributed by atoms with E-state index in [0.29, 0.717) is 32.7 Å². The Bertz CT molecular complexity index is 223. The second kappa shape index (κ2) is 13.0. The maximum atomic E-state index is 11.2. The van der Waals surface area contributed by atoms with E-state index in [0.717, 1.165) is 32.1 Å². The van der Waals surface area contributed by atoms with Crippen LogP contribution in [-0.2, 0) is 14.3 Å². The van der Waals surface area contributed by atoms with Crippen molar-refractivity contribution in [1.82, 2.24) is 0 Å². The molecule has 0 rings (SSSR count). The lowest BCUT2D eigenvalue weighted by molar-refractivity contribution is -0.144. The first-order valence-electron chi connectivity index (χ1n) is 6.41. The van der Waals surface area contributed by atoms with E-state index >= 15 is 0 Å². The molecule has 0 aromatic carbocycles. The molecule has 0 amide bonds. The van der Waals surface area contributed by atoms with E-state index in [9.17, 15) is 4.79 Å². The Morgan fingerprint density at radius 1 is 1.12 bits per heavy atom. The fraction of sp³-hybridized carbons (Fsp3) is 0.846. The van der Waals surface area contributed by atoms with Crippen molar-refractivity contribution >= 4 is 5.97 Å². The van der Waals surface area contributed by atoms with Gasteiger partial charge in [0.25, 0.3) is 0 Å². The molecule has 4 nitrogen and oxygen atoms in total. The molecule has 17 heavy (non-hydrogen) atoms. The standard InChI is InChI=1S/C13H23NO3/c1-2-3-4-8-13(15)17-12-6-5-10-16-11-7-9-14/h2-8,10-12H2,1H3. The van der Waals surface area contributed by atoms with Gasteiger partial charge in [-0.15, -0.1) is 0 Å². The quantitative estimate of drug-likeness (QED) is 0.412. The summed E-state index contributed by atoms with van der Waals surface area (Å²) in [5, 5.41) is 8.27. The number of rotatable bonds is 11. The van der Waals surface area contributed by atoms with Crippen LogP contribution in [0.3, 0.4) is 0 Å². The van der Waals surface area contributed by atoms with Crippen LogP contribution in [0.15, 0.2) is 0 Å². The summed E-state index contributed by atoms with van der Waals surface area (Å²) in [6.45, 7) is 3.71.